The van der Waals surface area contributed by atoms with E-state index in [0.29, 0.717) is 12.3 Å². The van der Waals surface area contributed by atoms with Gasteiger partial charge in [-0.1, -0.05) is 26.2 Å². The van der Waals surface area contributed by atoms with Gasteiger partial charge in [-0.25, -0.2) is 0 Å². The molecule has 2 rings (SSSR count). The predicted octanol–water partition coefficient (Wildman–Crippen LogP) is 1.79. The summed E-state index contributed by atoms with van der Waals surface area (Å²) >= 11 is 0. The smallest absolute Gasteiger partial charge is 0.308 e. The van der Waals surface area contributed by atoms with E-state index < -0.39 is 11.9 Å². The maximum Gasteiger partial charge on any atom is 0.308 e. The number of rotatable bonds is 3. The highest BCUT2D eigenvalue weighted by atomic mass is 16.4. The molecule has 0 aromatic heterocycles. The van der Waals surface area contributed by atoms with Crippen LogP contribution in [0.1, 0.15) is 45.4 Å². The summed E-state index contributed by atoms with van der Waals surface area (Å²) in [6.07, 6.45) is 5.52. The molecule has 2 saturated carbocycles. The number of hydrogen-bond acceptors (Lipinski definition) is 2. The van der Waals surface area contributed by atoms with Crippen molar-refractivity contribution in [1.29, 1.82) is 0 Å². The molecular formula is C13H21NO3. The van der Waals surface area contributed by atoms with E-state index in [1.807, 2.05) is 0 Å². The maximum atomic E-state index is 11.9. The Morgan fingerprint density at radius 2 is 1.76 bits per heavy atom. The lowest BCUT2D eigenvalue weighted by Crippen LogP contribution is -2.43. The first-order valence-electron chi connectivity index (χ1n) is 6.62. The Balaban J connectivity index is 1.95. The molecule has 2 aliphatic carbocycles. The van der Waals surface area contributed by atoms with E-state index in [9.17, 15) is 14.7 Å². The minimum atomic E-state index is -0.763. The summed E-state index contributed by atoms with van der Waals surface area (Å²) in [4.78, 5) is 23.1. The van der Waals surface area contributed by atoms with Gasteiger partial charge in [-0.05, 0) is 25.2 Å². The highest BCUT2D eigenvalue weighted by molar-refractivity contribution is 5.82. The third-order valence-electron chi connectivity index (χ3n) is 4.11. The Bertz CT molecular complexity index is 316. The minimum absolute atomic E-state index is 0.0654. The quantitative estimate of drug-likeness (QED) is 0.738. The number of nitrogens with one attached hydrogen (secondary N) is 1. The first-order chi connectivity index (χ1) is 8.09. The van der Waals surface area contributed by atoms with E-state index >= 15 is 0 Å². The van der Waals surface area contributed by atoms with Gasteiger partial charge in [-0.15, -0.1) is 0 Å². The first kappa shape index (κ1) is 12.4. The summed E-state index contributed by atoms with van der Waals surface area (Å²) in [5, 5.41) is 12.2. The molecule has 4 nitrogen and oxygen atoms in total. The van der Waals surface area contributed by atoms with Crippen LogP contribution in [-0.2, 0) is 9.59 Å². The molecule has 0 bridgehead atoms. The number of amides is 1. The van der Waals surface area contributed by atoms with Gasteiger partial charge in [0.05, 0.1) is 5.92 Å². The topological polar surface area (TPSA) is 66.4 Å². The fourth-order valence-electron chi connectivity index (χ4n) is 2.75. The van der Waals surface area contributed by atoms with Crippen molar-refractivity contribution in [2.45, 2.75) is 51.5 Å². The van der Waals surface area contributed by atoms with Gasteiger partial charge in [0.1, 0.15) is 0 Å². The Labute approximate surface area is 102 Å². The minimum Gasteiger partial charge on any atom is -0.481 e. The lowest BCUT2D eigenvalue weighted by molar-refractivity contribution is -0.143. The molecule has 4 atom stereocenters. The number of carbonyl (C=O) groups is 2. The molecule has 2 aliphatic rings. The van der Waals surface area contributed by atoms with Gasteiger partial charge in [0, 0.05) is 12.0 Å². The molecule has 96 valence electrons. The Morgan fingerprint density at radius 1 is 1.12 bits per heavy atom. The van der Waals surface area contributed by atoms with Gasteiger partial charge in [-0.3, -0.25) is 9.59 Å². The van der Waals surface area contributed by atoms with Crippen LogP contribution in [-0.4, -0.2) is 23.0 Å². The van der Waals surface area contributed by atoms with Crippen molar-refractivity contribution in [2.75, 3.05) is 0 Å². The molecule has 2 fully saturated rings. The van der Waals surface area contributed by atoms with Gasteiger partial charge in [0.25, 0.3) is 0 Å². The second kappa shape index (κ2) is 5.07. The van der Waals surface area contributed by atoms with Crippen molar-refractivity contribution in [3.63, 3.8) is 0 Å². The van der Waals surface area contributed by atoms with Crippen molar-refractivity contribution in [1.82, 2.24) is 5.32 Å². The zero-order chi connectivity index (χ0) is 12.4. The fourth-order valence-corrected chi connectivity index (χ4v) is 2.75. The van der Waals surface area contributed by atoms with E-state index in [2.05, 4.69) is 12.2 Å². The number of aliphatic carboxylic acids is 1. The number of carbonyl (C=O) groups excluding carboxylic acids is 1. The summed E-state index contributed by atoms with van der Waals surface area (Å²) in [6, 6.07) is -0.157. The largest absolute Gasteiger partial charge is 0.481 e. The third kappa shape index (κ3) is 2.99. The molecule has 17 heavy (non-hydrogen) atoms. The number of hydrogen-bond donors (Lipinski definition) is 2. The average molecular weight is 239 g/mol. The lowest BCUT2D eigenvalue weighted by atomic mass is 9.94. The summed E-state index contributed by atoms with van der Waals surface area (Å²) in [5.74, 6) is -0.482. The molecule has 0 aromatic carbocycles. The second-order valence-corrected chi connectivity index (χ2v) is 5.52. The van der Waals surface area contributed by atoms with Crippen LogP contribution in [0.25, 0.3) is 0 Å². The Hall–Kier alpha value is -1.06. The molecule has 0 aliphatic heterocycles. The van der Waals surface area contributed by atoms with Gasteiger partial charge in [0.15, 0.2) is 0 Å². The molecule has 1 amide bonds. The highest BCUT2D eigenvalue weighted by Crippen LogP contribution is 2.38. The lowest BCUT2D eigenvalue weighted by Gasteiger charge is -2.22. The standard InChI is InChI=1S/C13H21NO3/c1-8-7-10(8)12(15)14-11-6-4-2-3-5-9(11)13(16)17/h8-11H,2-7H2,1H3,(H,14,15)(H,16,17). The zero-order valence-electron chi connectivity index (χ0n) is 10.3. The maximum absolute atomic E-state index is 11.9. The van der Waals surface area contributed by atoms with E-state index in [-0.39, 0.29) is 17.9 Å². The molecule has 0 aromatic rings. The molecule has 0 saturated heterocycles. The van der Waals surface area contributed by atoms with E-state index in [1.54, 1.807) is 0 Å². The van der Waals surface area contributed by atoms with E-state index in [0.717, 1.165) is 32.1 Å². The first-order valence-corrected chi connectivity index (χ1v) is 6.62. The SMILES string of the molecule is CC1CC1C(=O)NC1CCCCCC1C(=O)O. The van der Waals surface area contributed by atoms with Crippen molar-refractivity contribution >= 4 is 11.9 Å². The van der Waals surface area contributed by atoms with Gasteiger partial charge in [0.2, 0.25) is 5.91 Å². The van der Waals surface area contributed by atoms with Gasteiger partial charge in [-0.2, -0.15) is 0 Å². The molecule has 4 unspecified atom stereocenters. The van der Waals surface area contributed by atoms with Crippen molar-refractivity contribution in [3.05, 3.63) is 0 Å². The second-order valence-electron chi connectivity index (χ2n) is 5.52. The monoisotopic (exact) mass is 239 g/mol. The van der Waals surface area contributed by atoms with Crippen LogP contribution >= 0.6 is 0 Å². The number of carboxylic acids is 1. The predicted molar refractivity (Wildman–Crippen MR) is 63.4 cm³/mol. The van der Waals surface area contributed by atoms with Crippen molar-refractivity contribution in [3.8, 4) is 0 Å². The van der Waals surface area contributed by atoms with Crippen LogP contribution in [0.2, 0.25) is 0 Å². The van der Waals surface area contributed by atoms with Crippen molar-refractivity contribution in [2.24, 2.45) is 17.8 Å². The number of carboxylic acid groups (broad SMARTS) is 1. The van der Waals surface area contributed by atoms with E-state index in [4.69, 9.17) is 0 Å². The van der Waals surface area contributed by atoms with Gasteiger partial charge >= 0.3 is 5.97 Å². The third-order valence-corrected chi connectivity index (χ3v) is 4.11. The molecular weight excluding hydrogens is 218 g/mol. The molecule has 2 N–H and O–H groups in total. The van der Waals surface area contributed by atoms with Crippen molar-refractivity contribution < 1.29 is 14.7 Å². The molecule has 0 heterocycles. The van der Waals surface area contributed by atoms with E-state index in [1.165, 1.54) is 0 Å². The van der Waals surface area contributed by atoms with Crippen LogP contribution in [0.4, 0.5) is 0 Å². The zero-order valence-corrected chi connectivity index (χ0v) is 10.3. The normalized spacial score (nSPS) is 37.0. The summed E-state index contributed by atoms with van der Waals surface area (Å²) < 4.78 is 0. The average Bonchev–Trinajstić information content (AvgIpc) is 3.01. The van der Waals surface area contributed by atoms with Crippen LogP contribution in [0.15, 0.2) is 0 Å². The fraction of sp³-hybridized carbons (Fsp3) is 0.846. The summed E-state index contributed by atoms with van der Waals surface area (Å²) in [6.45, 7) is 2.06. The Morgan fingerprint density at radius 3 is 2.35 bits per heavy atom. The van der Waals surface area contributed by atoms with Gasteiger partial charge < -0.3 is 10.4 Å². The molecule has 0 spiro atoms. The van der Waals surface area contributed by atoms with Crippen LogP contribution in [0.3, 0.4) is 0 Å². The van der Waals surface area contributed by atoms with Crippen LogP contribution in [0.5, 0.6) is 0 Å². The summed E-state index contributed by atoms with van der Waals surface area (Å²) in [5.41, 5.74) is 0. The highest BCUT2D eigenvalue weighted by Gasteiger charge is 2.41. The van der Waals surface area contributed by atoms with Crippen LogP contribution < -0.4 is 5.32 Å². The summed E-state index contributed by atoms with van der Waals surface area (Å²) in [7, 11) is 0. The molecule has 4 heteroatoms. The Kier molecular flexibility index (Phi) is 3.69. The van der Waals surface area contributed by atoms with Crippen LogP contribution in [0, 0.1) is 17.8 Å². The molecule has 0 radical (unpaired) electrons.